The Kier molecular flexibility index (Phi) is 9.09. The number of nitrogens with zero attached hydrogens (tertiary/aromatic N) is 1. The van der Waals surface area contributed by atoms with Crippen molar-refractivity contribution in [3.05, 3.63) is 89.2 Å². The number of fused-ring (bicyclic) bond motifs is 1. The summed E-state index contributed by atoms with van der Waals surface area (Å²) in [6, 6.07) is 18.4. The van der Waals surface area contributed by atoms with Crippen molar-refractivity contribution in [2.45, 2.75) is 56.1 Å². The Morgan fingerprint density at radius 3 is 2.40 bits per heavy atom. The molecule has 0 heterocycles. The normalized spacial score (nSPS) is 14.8. The average Bonchev–Trinajstić information content (AvgIpc) is 3.30. The van der Waals surface area contributed by atoms with E-state index in [0.29, 0.717) is 17.0 Å². The number of β-amino-alcohol motifs (C(OH)–C–C–N with tert-alkyl or cyclic N) is 1. The van der Waals surface area contributed by atoms with Crippen LogP contribution in [0.4, 0.5) is 4.39 Å². The molecule has 0 amide bonds. The predicted octanol–water partition coefficient (Wildman–Crippen LogP) is 4.27. The number of aliphatic carboxylic acids is 1. The van der Waals surface area contributed by atoms with Gasteiger partial charge in [0.05, 0.1) is 17.4 Å². The van der Waals surface area contributed by atoms with Gasteiger partial charge in [0.25, 0.3) is 0 Å². The number of aliphatic hydroxyl groups is 1. The van der Waals surface area contributed by atoms with Crippen LogP contribution in [-0.2, 0) is 34.1 Å². The van der Waals surface area contributed by atoms with Crippen LogP contribution in [0.25, 0.3) is 11.1 Å². The van der Waals surface area contributed by atoms with Crippen molar-refractivity contribution < 1.29 is 27.8 Å². The summed E-state index contributed by atoms with van der Waals surface area (Å²) in [5.41, 5.74) is 3.40. The van der Waals surface area contributed by atoms with Crippen molar-refractivity contribution in [2.24, 2.45) is 5.92 Å². The highest BCUT2D eigenvalue weighted by atomic mass is 32.2. The van der Waals surface area contributed by atoms with Crippen LogP contribution < -0.4 is 5.32 Å². The number of sulfonamides is 1. The summed E-state index contributed by atoms with van der Waals surface area (Å²) in [5, 5.41) is 23.2. The molecule has 0 aliphatic heterocycles. The van der Waals surface area contributed by atoms with Crippen molar-refractivity contribution in [3.63, 3.8) is 0 Å². The van der Waals surface area contributed by atoms with E-state index in [-0.39, 0.29) is 35.5 Å². The fourth-order valence-corrected chi connectivity index (χ4v) is 6.78. The SMILES string of the molecule is CN(CC(O)CNC(C)(C)CC1Cc2ccccc2C1)S(=O)(=O)c1cccc(-c2cc(CC(=O)O)ccc2F)c1. The first-order valence-electron chi connectivity index (χ1n) is 13.4. The smallest absolute Gasteiger partial charge is 0.307 e. The van der Waals surface area contributed by atoms with Crippen molar-refractivity contribution in [3.8, 4) is 11.1 Å². The number of hydrogen-bond donors (Lipinski definition) is 3. The molecule has 1 unspecified atom stereocenters. The molecule has 1 atom stereocenters. The summed E-state index contributed by atoms with van der Waals surface area (Å²) in [7, 11) is -2.58. The van der Waals surface area contributed by atoms with Crippen LogP contribution in [0.3, 0.4) is 0 Å². The lowest BCUT2D eigenvalue weighted by atomic mass is 9.88. The van der Waals surface area contributed by atoms with Crippen LogP contribution in [0, 0.1) is 11.7 Å². The molecule has 1 aliphatic rings. The molecule has 0 saturated heterocycles. The second-order valence-electron chi connectivity index (χ2n) is 11.4. The third-order valence-corrected chi connectivity index (χ3v) is 9.28. The number of benzene rings is 3. The molecule has 0 spiro atoms. The molecule has 7 nitrogen and oxygen atoms in total. The molecular weight excluding hydrogens is 531 g/mol. The van der Waals surface area contributed by atoms with E-state index in [1.54, 1.807) is 6.07 Å². The van der Waals surface area contributed by atoms with Crippen molar-refractivity contribution in [2.75, 3.05) is 20.1 Å². The van der Waals surface area contributed by atoms with Gasteiger partial charge in [0.15, 0.2) is 0 Å². The Morgan fingerprint density at radius 1 is 1.07 bits per heavy atom. The minimum absolute atomic E-state index is 0.0446. The molecule has 0 saturated carbocycles. The van der Waals surface area contributed by atoms with E-state index in [2.05, 4.69) is 43.4 Å². The maximum atomic E-state index is 14.6. The zero-order chi connectivity index (χ0) is 29.1. The predicted molar refractivity (Wildman–Crippen MR) is 153 cm³/mol. The second-order valence-corrected chi connectivity index (χ2v) is 13.4. The van der Waals surface area contributed by atoms with E-state index in [4.69, 9.17) is 5.11 Å². The molecule has 4 rings (SSSR count). The molecule has 1 aliphatic carbocycles. The lowest BCUT2D eigenvalue weighted by Gasteiger charge is -2.31. The third kappa shape index (κ3) is 7.34. The van der Waals surface area contributed by atoms with Crippen LogP contribution in [0.2, 0.25) is 0 Å². The van der Waals surface area contributed by atoms with Crippen LogP contribution in [0.15, 0.2) is 71.6 Å². The number of carboxylic acid groups (broad SMARTS) is 1. The second kappa shape index (κ2) is 12.2. The van der Waals surface area contributed by atoms with Gasteiger partial charge in [0.2, 0.25) is 10.0 Å². The highest BCUT2D eigenvalue weighted by Gasteiger charge is 2.29. The summed E-state index contributed by atoms with van der Waals surface area (Å²) in [5.74, 6) is -1.11. The summed E-state index contributed by atoms with van der Waals surface area (Å²) in [6.45, 7) is 4.31. The van der Waals surface area contributed by atoms with Gasteiger partial charge in [-0.1, -0.05) is 42.5 Å². The highest BCUT2D eigenvalue weighted by Crippen LogP contribution is 2.32. The number of hydrogen-bond acceptors (Lipinski definition) is 5. The largest absolute Gasteiger partial charge is 0.481 e. The Hall–Kier alpha value is -3.11. The Morgan fingerprint density at radius 2 is 1.75 bits per heavy atom. The van der Waals surface area contributed by atoms with Crippen LogP contribution >= 0.6 is 0 Å². The van der Waals surface area contributed by atoms with Gasteiger partial charge in [0, 0.05) is 31.2 Å². The van der Waals surface area contributed by atoms with Gasteiger partial charge in [0.1, 0.15) is 5.82 Å². The monoisotopic (exact) mass is 568 g/mol. The lowest BCUT2D eigenvalue weighted by Crippen LogP contribution is -2.47. The van der Waals surface area contributed by atoms with Gasteiger partial charge in [-0.3, -0.25) is 4.79 Å². The van der Waals surface area contributed by atoms with Gasteiger partial charge in [-0.25, -0.2) is 12.8 Å². The Labute approximate surface area is 235 Å². The van der Waals surface area contributed by atoms with Gasteiger partial charge in [-0.2, -0.15) is 4.31 Å². The number of likely N-dealkylation sites (N-methyl/N-ethyl adjacent to an activating group) is 1. The number of aliphatic hydroxyl groups excluding tert-OH is 1. The summed E-state index contributed by atoms with van der Waals surface area (Å²) in [4.78, 5) is 11.0. The summed E-state index contributed by atoms with van der Waals surface area (Å²) in [6.07, 6.45) is 1.80. The fourth-order valence-electron chi connectivity index (χ4n) is 5.52. The molecule has 9 heteroatoms. The molecule has 3 aromatic carbocycles. The van der Waals surface area contributed by atoms with E-state index in [0.717, 1.165) is 23.6 Å². The maximum Gasteiger partial charge on any atom is 0.307 e. The van der Waals surface area contributed by atoms with Crippen molar-refractivity contribution in [1.29, 1.82) is 0 Å². The third-order valence-electron chi connectivity index (χ3n) is 7.46. The maximum absolute atomic E-state index is 14.6. The Bertz CT molecular complexity index is 1450. The Balaban J connectivity index is 1.37. The van der Waals surface area contributed by atoms with Gasteiger partial charge >= 0.3 is 5.97 Å². The molecule has 214 valence electrons. The molecule has 0 aromatic heterocycles. The number of carbonyl (C=O) groups is 1. The lowest BCUT2D eigenvalue weighted by molar-refractivity contribution is -0.136. The van der Waals surface area contributed by atoms with E-state index < -0.39 is 27.9 Å². The molecule has 40 heavy (non-hydrogen) atoms. The first-order valence-corrected chi connectivity index (χ1v) is 14.8. The molecular formula is C31H37FN2O5S. The number of nitrogens with one attached hydrogen (secondary N) is 1. The zero-order valence-electron chi connectivity index (χ0n) is 23.1. The standard InChI is InChI=1S/C31H37FN2O5S/c1-31(2,18-22-13-23-7-4-5-8-24(23)14-22)33-19-26(35)20-34(3)40(38,39)27-10-6-9-25(17-27)28-15-21(16-30(36)37)11-12-29(28)32/h4-12,15,17,22,26,33,35H,13-14,16,18-20H2,1-3H3,(H,36,37). The quantitative estimate of drug-likeness (QED) is 0.301. The van der Waals surface area contributed by atoms with Gasteiger partial charge in [-0.05, 0) is 85.5 Å². The first-order chi connectivity index (χ1) is 18.8. The fraction of sp³-hybridized carbons (Fsp3) is 0.387. The van der Waals surface area contributed by atoms with E-state index in [1.165, 1.54) is 54.6 Å². The molecule has 3 aromatic rings. The van der Waals surface area contributed by atoms with E-state index in [9.17, 15) is 22.7 Å². The number of carboxylic acids is 1. The topological polar surface area (TPSA) is 107 Å². The number of halogens is 1. The average molecular weight is 569 g/mol. The summed E-state index contributed by atoms with van der Waals surface area (Å²) < 4.78 is 42.3. The van der Waals surface area contributed by atoms with Gasteiger partial charge < -0.3 is 15.5 Å². The van der Waals surface area contributed by atoms with Crippen LogP contribution in [-0.4, -0.2) is 60.7 Å². The zero-order valence-corrected chi connectivity index (χ0v) is 23.9. The molecule has 3 N–H and O–H groups in total. The minimum Gasteiger partial charge on any atom is -0.481 e. The highest BCUT2D eigenvalue weighted by molar-refractivity contribution is 7.89. The molecule has 0 radical (unpaired) electrons. The van der Waals surface area contributed by atoms with Gasteiger partial charge in [-0.15, -0.1) is 0 Å². The number of rotatable bonds is 12. The van der Waals surface area contributed by atoms with Crippen molar-refractivity contribution in [1.82, 2.24) is 9.62 Å². The van der Waals surface area contributed by atoms with Crippen LogP contribution in [0.1, 0.15) is 37.0 Å². The van der Waals surface area contributed by atoms with E-state index >= 15 is 0 Å². The van der Waals surface area contributed by atoms with Crippen molar-refractivity contribution >= 4 is 16.0 Å². The molecule has 0 fully saturated rings. The minimum atomic E-state index is -3.98. The summed E-state index contributed by atoms with van der Waals surface area (Å²) >= 11 is 0. The van der Waals surface area contributed by atoms with Crippen LogP contribution in [0.5, 0.6) is 0 Å². The van der Waals surface area contributed by atoms with E-state index in [1.807, 2.05) is 0 Å². The first kappa shape index (κ1) is 29.9. The molecule has 0 bridgehead atoms.